The molecule has 7 heteroatoms. The first-order chi connectivity index (χ1) is 9.49. The predicted octanol–water partition coefficient (Wildman–Crippen LogP) is 3.80. The van der Waals surface area contributed by atoms with Crippen LogP contribution < -0.4 is 5.32 Å². The summed E-state index contributed by atoms with van der Waals surface area (Å²) < 4.78 is 0. The first-order valence-corrected chi connectivity index (χ1v) is 6.99. The van der Waals surface area contributed by atoms with Gasteiger partial charge in [0, 0.05) is 12.0 Å². The van der Waals surface area contributed by atoms with E-state index in [9.17, 15) is 14.9 Å². The zero-order valence-electron chi connectivity index (χ0n) is 11.6. The number of hydrogen-bond acceptors (Lipinski definition) is 4. The molecule has 0 aromatic carbocycles. The minimum absolute atomic E-state index is 0.0929. The van der Waals surface area contributed by atoms with Gasteiger partial charge in [-0.2, -0.15) is 0 Å². The maximum atomic E-state index is 12.2. The van der Waals surface area contributed by atoms with E-state index in [1.165, 1.54) is 12.1 Å². The van der Waals surface area contributed by atoms with E-state index < -0.39 is 4.92 Å². The standard InChI is InChI=1S/C13H18ClN3O3/c1-3-5-9(6-4-2)13(18)16-12-10(17(19)20)7-8-11(14)15-12/h7-9H,3-6H2,1-2H3,(H,15,16,18). The van der Waals surface area contributed by atoms with Crippen LogP contribution in [0.15, 0.2) is 12.1 Å². The second-order valence-corrected chi connectivity index (χ2v) is 4.91. The number of rotatable bonds is 7. The maximum absolute atomic E-state index is 12.2. The molecule has 110 valence electrons. The Labute approximate surface area is 122 Å². The summed E-state index contributed by atoms with van der Waals surface area (Å²) in [5.74, 6) is -0.498. The van der Waals surface area contributed by atoms with E-state index in [4.69, 9.17) is 11.6 Å². The molecule has 1 amide bonds. The van der Waals surface area contributed by atoms with Crippen LogP contribution in [-0.4, -0.2) is 15.8 Å². The lowest BCUT2D eigenvalue weighted by atomic mass is 9.97. The number of pyridine rings is 1. The largest absolute Gasteiger partial charge is 0.311 e. The van der Waals surface area contributed by atoms with Crippen molar-refractivity contribution in [1.82, 2.24) is 4.98 Å². The fourth-order valence-corrected chi connectivity index (χ4v) is 2.14. The molecule has 0 aliphatic heterocycles. The Morgan fingerprint density at radius 2 is 2.00 bits per heavy atom. The lowest BCUT2D eigenvalue weighted by Crippen LogP contribution is -2.23. The number of amides is 1. The zero-order chi connectivity index (χ0) is 15.1. The van der Waals surface area contributed by atoms with Crippen molar-refractivity contribution >= 4 is 29.0 Å². The number of nitrogens with zero attached hydrogens (tertiary/aromatic N) is 2. The number of halogens is 1. The van der Waals surface area contributed by atoms with Gasteiger partial charge >= 0.3 is 5.69 Å². The van der Waals surface area contributed by atoms with Crippen LogP contribution in [0.25, 0.3) is 0 Å². The van der Waals surface area contributed by atoms with Crippen LogP contribution in [-0.2, 0) is 4.79 Å². The smallest absolute Gasteiger partial charge is 0.305 e. The molecular formula is C13H18ClN3O3. The lowest BCUT2D eigenvalue weighted by molar-refractivity contribution is -0.384. The third-order valence-electron chi connectivity index (χ3n) is 2.92. The average Bonchev–Trinajstić information content (AvgIpc) is 2.38. The molecule has 0 atom stereocenters. The van der Waals surface area contributed by atoms with Gasteiger partial charge in [0.15, 0.2) is 0 Å². The maximum Gasteiger partial charge on any atom is 0.311 e. The molecule has 20 heavy (non-hydrogen) atoms. The normalized spacial score (nSPS) is 10.6. The van der Waals surface area contributed by atoms with Crippen LogP contribution >= 0.6 is 11.6 Å². The topological polar surface area (TPSA) is 85.1 Å². The Morgan fingerprint density at radius 1 is 1.40 bits per heavy atom. The molecule has 0 bridgehead atoms. The quantitative estimate of drug-likeness (QED) is 0.471. The van der Waals surface area contributed by atoms with E-state index in [1.807, 2.05) is 13.8 Å². The number of hydrogen-bond donors (Lipinski definition) is 1. The highest BCUT2D eigenvalue weighted by molar-refractivity contribution is 6.29. The van der Waals surface area contributed by atoms with Crippen molar-refractivity contribution in [1.29, 1.82) is 0 Å². The van der Waals surface area contributed by atoms with Gasteiger partial charge < -0.3 is 5.32 Å². The van der Waals surface area contributed by atoms with E-state index in [2.05, 4.69) is 10.3 Å². The summed E-state index contributed by atoms with van der Waals surface area (Å²) >= 11 is 5.72. The van der Waals surface area contributed by atoms with Gasteiger partial charge in [-0.25, -0.2) is 4.98 Å². The third-order valence-corrected chi connectivity index (χ3v) is 3.13. The van der Waals surface area contributed by atoms with Gasteiger partial charge in [-0.15, -0.1) is 0 Å². The Kier molecular flexibility index (Phi) is 6.38. The van der Waals surface area contributed by atoms with E-state index in [-0.39, 0.29) is 28.5 Å². The summed E-state index contributed by atoms with van der Waals surface area (Å²) in [7, 11) is 0. The molecule has 0 saturated heterocycles. The molecule has 0 saturated carbocycles. The molecule has 1 aromatic heterocycles. The van der Waals surface area contributed by atoms with Gasteiger partial charge in [-0.05, 0) is 18.9 Å². The molecular weight excluding hydrogens is 282 g/mol. The predicted molar refractivity (Wildman–Crippen MR) is 77.8 cm³/mol. The second-order valence-electron chi connectivity index (χ2n) is 4.52. The lowest BCUT2D eigenvalue weighted by Gasteiger charge is -2.14. The number of carbonyl (C=O) groups excluding carboxylic acids is 1. The number of nitrogens with one attached hydrogen (secondary N) is 1. The minimum atomic E-state index is -0.590. The molecule has 0 unspecified atom stereocenters. The van der Waals surface area contributed by atoms with Crippen molar-refractivity contribution in [3.63, 3.8) is 0 Å². The summed E-state index contributed by atoms with van der Waals surface area (Å²) in [6, 6.07) is 2.56. The minimum Gasteiger partial charge on any atom is -0.305 e. The van der Waals surface area contributed by atoms with Gasteiger partial charge in [0.05, 0.1) is 4.92 Å². The van der Waals surface area contributed by atoms with Crippen molar-refractivity contribution in [3.8, 4) is 0 Å². The number of anilines is 1. The monoisotopic (exact) mass is 299 g/mol. The average molecular weight is 300 g/mol. The Balaban J connectivity index is 2.93. The first-order valence-electron chi connectivity index (χ1n) is 6.61. The summed E-state index contributed by atoms with van der Waals surface area (Å²) in [4.78, 5) is 26.3. The van der Waals surface area contributed by atoms with Crippen molar-refractivity contribution < 1.29 is 9.72 Å². The van der Waals surface area contributed by atoms with Crippen molar-refractivity contribution in [2.45, 2.75) is 39.5 Å². The van der Waals surface area contributed by atoms with Gasteiger partial charge in [0.2, 0.25) is 11.7 Å². The molecule has 1 heterocycles. The molecule has 6 nitrogen and oxygen atoms in total. The molecule has 0 aliphatic carbocycles. The summed E-state index contributed by atoms with van der Waals surface area (Å²) in [6.07, 6.45) is 3.24. The van der Waals surface area contributed by atoms with Crippen molar-refractivity contribution in [2.75, 3.05) is 5.32 Å². The van der Waals surface area contributed by atoms with Crippen LogP contribution in [0.4, 0.5) is 11.5 Å². The number of aromatic nitrogens is 1. The highest BCUT2D eigenvalue weighted by Gasteiger charge is 2.22. The summed E-state index contributed by atoms with van der Waals surface area (Å²) in [5, 5.41) is 13.5. The highest BCUT2D eigenvalue weighted by Crippen LogP contribution is 2.25. The highest BCUT2D eigenvalue weighted by atomic mass is 35.5. The number of nitro groups is 1. The Morgan fingerprint density at radius 3 is 2.50 bits per heavy atom. The van der Waals surface area contributed by atoms with E-state index in [1.54, 1.807) is 0 Å². The van der Waals surface area contributed by atoms with Gasteiger partial charge in [-0.3, -0.25) is 14.9 Å². The van der Waals surface area contributed by atoms with E-state index in [0.717, 1.165) is 25.7 Å². The molecule has 0 spiro atoms. The van der Waals surface area contributed by atoms with Crippen LogP contribution in [0, 0.1) is 16.0 Å². The molecule has 0 fully saturated rings. The molecule has 1 aromatic rings. The molecule has 0 radical (unpaired) electrons. The van der Waals surface area contributed by atoms with Crippen LogP contribution in [0.3, 0.4) is 0 Å². The SMILES string of the molecule is CCCC(CCC)C(=O)Nc1nc(Cl)ccc1[N+](=O)[O-]. The van der Waals surface area contributed by atoms with Gasteiger partial charge in [0.1, 0.15) is 5.15 Å². The van der Waals surface area contributed by atoms with Gasteiger partial charge in [-0.1, -0.05) is 38.3 Å². The summed E-state index contributed by atoms with van der Waals surface area (Å²) in [5.41, 5.74) is -0.255. The van der Waals surface area contributed by atoms with E-state index >= 15 is 0 Å². The fourth-order valence-electron chi connectivity index (χ4n) is 1.99. The molecule has 0 aliphatic rings. The van der Waals surface area contributed by atoms with Crippen molar-refractivity contribution in [2.24, 2.45) is 5.92 Å². The second kappa shape index (κ2) is 7.79. The van der Waals surface area contributed by atoms with Crippen LogP contribution in [0.5, 0.6) is 0 Å². The first kappa shape index (κ1) is 16.4. The molecule has 1 rings (SSSR count). The van der Waals surface area contributed by atoms with Gasteiger partial charge in [0.25, 0.3) is 0 Å². The number of carbonyl (C=O) groups is 1. The fraction of sp³-hybridized carbons (Fsp3) is 0.538. The van der Waals surface area contributed by atoms with Crippen LogP contribution in [0.2, 0.25) is 5.15 Å². The van der Waals surface area contributed by atoms with Crippen molar-refractivity contribution in [3.05, 3.63) is 27.4 Å². The summed E-state index contributed by atoms with van der Waals surface area (Å²) in [6.45, 7) is 3.99. The Bertz CT molecular complexity index is 488. The van der Waals surface area contributed by atoms with Crippen LogP contribution in [0.1, 0.15) is 39.5 Å². The molecule has 1 N–H and O–H groups in total. The Hall–Kier alpha value is -1.69. The van der Waals surface area contributed by atoms with E-state index in [0.29, 0.717) is 0 Å². The zero-order valence-corrected chi connectivity index (χ0v) is 12.3. The third kappa shape index (κ3) is 4.45.